The molecule has 17 nitrogen and oxygen atoms in total. The van der Waals surface area contributed by atoms with Gasteiger partial charge in [0.15, 0.2) is 12.2 Å². The molecule has 0 heterocycles. The highest BCUT2D eigenvalue weighted by molar-refractivity contribution is 7.47. The number of unbranched alkanes of at least 4 members (excludes halogenated alkanes) is 46. The van der Waals surface area contributed by atoms with Crippen molar-refractivity contribution in [3.63, 3.8) is 0 Å². The van der Waals surface area contributed by atoms with Gasteiger partial charge in [-0.3, -0.25) is 37.3 Å². The SMILES string of the molecule is CCCCCCCCCCCCCCCCCC(=O)OC[C@H](COP(=O)(O)OC[C@@H](O)COP(=O)(O)OC[C@@H](COC(=O)CCCCCCCCCCCCC)OC(=O)CCCCCCCCCCCCC(C)CC)OC(=O)CCCCCCCCCCCCCCCCC(C)CC. The molecule has 19 heteroatoms. The van der Waals surface area contributed by atoms with Crippen LogP contribution in [0.3, 0.4) is 0 Å². The van der Waals surface area contributed by atoms with Crippen LogP contribution in [0.25, 0.3) is 0 Å². The summed E-state index contributed by atoms with van der Waals surface area (Å²) < 4.78 is 68.7. The molecule has 0 spiro atoms. The number of rotatable bonds is 78. The molecule has 0 aliphatic rings. The van der Waals surface area contributed by atoms with E-state index in [9.17, 15) is 43.2 Å². The highest BCUT2D eigenvalue weighted by Crippen LogP contribution is 2.45. The Bertz CT molecular complexity index is 1890. The van der Waals surface area contributed by atoms with Gasteiger partial charge in [-0.1, -0.05) is 363 Å². The molecule has 98 heavy (non-hydrogen) atoms. The Balaban J connectivity index is 5.26. The van der Waals surface area contributed by atoms with Gasteiger partial charge in [-0.05, 0) is 37.5 Å². The summed E-state index contributed by atoms with van der Waals surface area (Å²) in [6, 6.07) is 0. The molecule has 0 aliphatic carbocycles. The number of carbonyl (C=O) groups is 4. The summed E-state index contributed by atoms with van der Waals surface area (Å²) in [4.78, 5) is 73.0. The van der Waals surface area contributed by atoms with Gasteiger partial charge in [0.2, 0.25) is 0 Å². The van der Waals surface area contributed by atoms with Gasteiger partial charge in [-0.15, -0.1) is 0 Å². The van der Waals surface area contributed by atoms with Crippen molar-refractivity contribution < 1.29 is 80.2 Å². The van der Waals surface area contributed by atoms with E-state index in [-0.39, 0.29) is 25.7 Å². The van der Waals surface area contributed by atoms with E-state index in [1.807, 2.05) is 0 Å². The molecule has 0 aliphatic heterocycles. The van der Waals surface area contributed by atoms with Crippen LogP contribution in [-0.2, 0) is 65.4 Å². The largest absolute Gasteiger partial charge is 0.472 e. The summed E-state index contributed by atoms with van der Waals surface area (Å²) in [5, 5.41) is 10.6. The topological polar surface area (TPSA) is 237 Å². The van der Waals surface area contributed by atoms with E-state index in [0.29, 0.717) is 25.7 Å². The van der Waals surface area contributed by atoms with Crippen molar-refractivity contribution >= 4 is 39.5 Å². The smallest absolute Gasteiger partial charge is 0.462 e. The standard InChI is InChI=1S/C79H154O17P2/c1-7-11-13-15-17-19-21-22-23-27-31-38-44-50-56-62-77(82)90-68-74(95-78(83)63-57-51-45-39-32-28-25-24-26-30-35-41-47-53-59-71(5)9-3)69-93-97(85,86)91-65-73(80)66-92-98(87,88)94-70-75(67-89-76(81)61-55-49-43-37-29-20-18-16-14-12-8-2)96-79(84)64-58-52-46-40-34-33-36-42-48-54-60-72(6)10-4/h71-75,80H,7-70H2,1-6H3,(H,85,86)(H,87,88)/t71?,72?,73-,74-,75-/m1/s1. The number of phosphoric ester groups is 2. The minimum absolute atomic E-state index is 0.107. The van der Waals surface area contributed by atoms with Gasteiger partial charge in [0.25, 0.3) is 0 Å². The molecule has 0 saturated carbocycles. The number of phosphoric acid groups is 2. The molecule has 7 atom stereocenters. The van der Waals surface area contributed by atoms with Crippen LogP contribution in [-0.4, -0.2) is 96.7 Å². The van der Waals surface area contributed by atoms with Crippen molar-refractivity contribution in [3.05, 3.63) is 0 Å². The maximum absolute atomic E-state index is 13.1. The Labute approximate surface area is 600 Å². The number of aliphatic hydroxyl groups excluding tert-OH is 1. The number of hydrogen-bond acceptors (Lipinski definition) is 15. The fourth-order valence-corrected chi connectivity index (χ4v) is 13.7. The number of ether oxygens (including phenoxy) is 4. The molecule has 0 saturated heterocycles. The predicted octanol–water partition coefficient (Wildman–Crippen LogP) is 23.5. The minimum atomic E-state index is -4.96. The van der Waals surface area contributed by atoms with Crippen LogP contribution in [0.15, 0.2) is 0 Å². The van der Waals surface area contributed by atoms with Crippen molar-refractivity contribution in [3.8, 4) is 0 Å². The third-order valence-corrected chi connectivity index (χ3v) is 21.1. The second kappa shape index (κ2) is 70.7. The molecule has 0 aromatic rings. The van der Waals surface area contributed by atoms with Crippen LogP contribution in [0.1, 0.15) is 414 Å². The zero-order valence-corrected chi connectivity index (χ0v) is 65.9. The van der Waals surface area contributed by atoms with E-state index in [1.165, 1.54) is 231 Å². The molecular weight excluding hydrogens is 1280 g/mol. The molecule has 3 N–H and O–H groups in total. The summed E-state index contributed by atoms with van der Waals surface area (Å²) in [5.74, 6) is -0.460. The highest BCUT2D eigenvalue weighted by Gasteiger charge is 2.30. The first-order chi connectivity index (χ1) is 47.4. The van der Waals surface area contributed by atoms with Gasteiger partial charge in [0, 0.05) is 25.7 Å². The van der Waals surface area contributed by atoms with Gasteiger partial charge in [0.1, 0.15) is 19.3 Å². The Morgan fingerprint density at radius 2 is 0.490 bits per heavy atom. The lowest BCUT2D eigenvalue weighted by atomic mass is 9.99. The van der Waals surface area contributed by atoms with E-state index in [0.717, 1.165) is 102 Å². The van der Waals surface area contributed by atoms with Gasteiger partial charge >= 0.3 is 39.5 Å². The lowest BCUT2D eigenvalue weighted by molar-refractivity contribution is -0.161. The van der Waals surface area contributed by atoms with Crippen molar-refractivity contribution in [1.82, 2.24) is 0 Å². The molecule has 0 radical (unpaired) electrons. The maximum Gasteiger partial charge on any atom is 0.472 e. The molecule has 0 aromatic heterocycles. The van der Waals surface area contributed by atoms with Crippen LogP contribution >= 0.6 is 15.6 Å². The lowest BCUT2D eigenvalue weighted by Gasteiger charge is -2.21. The zero-order chi connectivity index (χ0) is 72.1. The summed E-state index contributed by atoms with van der Waals surface area (Å²) in [6.07, 6.45) is 59.3. The van der Waals surface area contributed by atoms with Crippen LogP contribution < -0.4 is 0 Å². The average molecular weight is 1440 g/mol. The molecule has 0 amide bonds. The van der Waals surface area contributed by atoms with E-state index in [2.05, 4.69) is 41.5 Å². The molecule has 582 valence electrons. The molecule has 0 bridgehead atoms. The first kappa shape index (κ1) is 96.1. The minimum Gasteiger partial charge on any atom is -0.462 e. The summed E-state index contributed by atoms with van der Waals surface area (Å²) >= 11 is 0. The Morgan fingerprint density at radius 1 is 0.286 bits per heavy atom. The molecule has 0 rings (SSSR count). The van der Waals surface area contributed by atoms with Crippen LogP contribution in [0, 0.1) is 11.8 Å². The number of carbonyl (C=O) groups excluding carboxylic acids is 4. The fraction of sp³-hybridized carbons (Fsp3) is 0.949. The van der Waals surface area contributed by atoms with Crippen molar-refractivity contribution in [2.75, 3.05) is 39.6 Å². The third kappa shape index (κ3) is 69.8. The predicted molar refractivity (Wildman–Crippen MR) is 400 cm³/mol. The number of esters is 4. The van der Waals surface area contributed by atoms with Gasteiger partial charge < -0.3 is 33.8 Å². The fourth-order valence-electron chi connectivity index (χ4n) is 12.1. The first-order valence-electron chi connectivity index (χ1n) is 41.1. The summed E-state index contributed by atoms with van der Waals surface area (Å²) in [6.45, 7) is 9.70. The Morgan fingerprint density at radius 3 is 0.724 bits per heavy atom. The highest BCUT2D eigenvalue weighted by atomic mass is 31.2. The monoisotopic (exact) mass is 1440 g/mol. The Kier molecular flexibility index (Phi) is 69.3. The van der Waals surface area contributed by atoms with Crippen molar-refractivity contribution in [1.29, 1.82) is 0 Å². The zero-order valence-electron chi connectivity index (χ0n) is 64.1. The summed E-state index contributed by atoms with van der Waals surface area (Å²) in [7, 11) is -9.92. The second-order valence-electron chi connectivity index (χ2n) is 28.9. The maximum atomic E-state index is 13.1. The quantitative estimate of drug-likeness (QED) is 0.0222. The van der Waals surface area contributed by atoms with E-state index in [1.54, 1.807) is 0 Å². The van der Waals surface area contributed by atoms with E-state index < -0.39 is 97.5 Å². The number of hydrogen-bond donors (Lipinski definition) is 3. The first-order valence-corrected chi connectivity index (χ1v) is 44.1. The van der Waals surface area contributed by atoms with Crippen molar-refractivity contribution in [2.45, 2.75) is 432 Å². The lowest BCUT2D eigenvalue weighted by Crippen LogP contribution is -2.30. The normalized spacial score (nSPS) is 14.5. The van der Waals surface area contributed by atoms with E-state index >= 15 is 0 Å². The second-order valence-corrected chi connectivity index (χ2v) is 31.8. The molecule has 0 aromatic carbocycles. The van der Waals surface area contributed by atoms with Gasteiger partial charge in [-0.2, -0.15) is 0 Å². The van der Waals surface area contributed by atoms with Crippen molar-refractivity contribution in [2.24, 2.45) is 11.8 Å². The molecular formula is C79H154O17P2. The van der Waals surface area contributed by atoms with Crippen LogP contribution in [0.4, 0.5) is 0 Å². The Hall–Kier alpha value is -1.94. The molecule has 0 fully saturated rings. The average Bonchev–Trinajstić information content (AvgIpc) is 1.22. The van der Waals surface area contributed by atoms with Crippen LogP contribution in [0.2, 0.25) is 0 Å². The van der Waals surface area contributed by atoms with Crippen LogP contribution in [0.5, 0.6) is 0 Å². The third-order valence-electron chi connectivity index (χ3n) is 19.2. The van der Waals surface area contributed by atoms with Gasteiger partial charge in [-0.25, -0.2) is 9.13 Å². The molecule has 4 unspecified atom stereocenters. The van der Waals surface area contributed by atoms with E-state index in [4.69, 9.17) is 37.0 Å². The summed E-state index contributed by atoms with van der Waals surface area (Å²) in [5.41, 5.74) is 0. The number of aliphatic hydroxyl groups is 1. The van der Waals surface area contributed by atoms with Gasteiger partial charge in [0.05, 0.1) is 26.4 Å².